The summed E-state index contributed by atoms with van der Waals surface area (Å²) in [4.78, 5) is 14.4. The first kappa shape index (κ1) is 19.2. The molecular formula is C20H29NO4S. The third kappa shape index (κ3) is 4.40. The summed E-state index contributed by atoms with van der Waals surface area (Å²) in [6, 6.07) is 8.14. The van der Waals surface area contributed by atoms with Crippen LogP contribution in [0.5, 0.6) is 5.75 Å². The first-order valence-corrected chi connectivity index (χ1v) is 11.2. The Hall–Kier alpha value is -1.56. The largest absolute Gasteiger partial charge is 0.490 e. The van der Waals surface area contributed by atoms with E-state index >= 15 is 0 Å². The van der Waals surface area contributed by atoms with Crippen molar-refractivity contribution in [1.82, 2.24) is 4.90 Å². The summed E-state index contributed by atoms with van der Waals surface area (Å²) in [5.41, 5.74) is 1.20. The number of benzene rings is 1. The molecule has 2 heterocycles. The van der Waals surface area contributed by atoms with E-state index in [2.05, 4.69) is 26.8 Å². The Balaban J connectivity index is 1.57. The lowest BCUT2D eigenvalue weighted by Gasteiger charge is -2.34. The number of sulfone groups is 1. The molecule has 2 fully saturated rings. The van der Waals surface area contributed by atoms with Crippen molar-refractivity contribution in [3.05, 3.63) is 29.8 Å². The molecule has 1 unspecified atom stereocenters. The molecule has 144 valence electrons. The summed E-state index contributed by atoms with van der Waals surface area (Å²) < 4.78 is 29.5. The molecule has 0 N–H and O–H groups in total. The highest BCUT2D eigenvalue weighted by atomic mass is 32.2. The molecule has 1 atom stereocenters. The van der Waals surface area contributed by atoms with Gasteiger partial charge in [0.2, 0.25) is 5.91 Å². The zero-order chi connectivity index (χ0) is 18.9. The van der Waals surface area contributed by atoms with Gasteiger partial charge >= 0.3 is 0 Å². The van der Waals surface area contributed by atoms with Crippen LogP contribution in [0, 0.1) is 5.92 Å². The fraction of sp³-hybridized carbons (Fsp3) is 0.650. The number of piperidine rings is 1. The number of hydrogen-bond donors (Lipinski definition) is 0. The van der Waals surface area contributed by atoms with Crippen LogP contribution in [0.3, 0.4) is 0 Å². The number of likely N-dealkylation sites (tertiary alicyclic amines) is 1. The van der Waals surface area contributed by atoms with Gasteiger partial charge in [-0.3, -0.25) is 4.79 Å². The van der Waals surface area contributed by atoms with Gasteiger partial charge in [-0.05, 0) is 23.5 Å². The van der Waals surface area contributed by atoms with Crippen LogP contribution in [0.1, 0.15) is 45.6 Å². The van der Waals surface area contributed by atoms with Gasteiger partial charge in [0.15, 0.2) is 9.84 Å². The number of ether oxygens (including phenoxy) is 1. The van der Waals surface area contributed by atoms with Gasteiger partial charge in [-0.15, -0.1) is 0 Å². The summed E-state index contributed by atoms with van der Waals surface area (Å²) >= 11 is 0. The van der Waals surface area contributed by atoms with Crippen molar-refractivity contribution in [2.75, 3.05) is 24.6 Å². The highest BCUT2D eigenvalue weighted by Crippen LogP contribution is 2.33. The van der Waals surface area contributed by atoms with E-state index in [0.717, 1.165) is 18.6 Å². The minimum absolute atomic E-state index is 0.000355. The molecule has 26 heavy (non-hydrogen) atoms. The maximum atomic E-state index is 12.6. The van der Waals surface area contributed by atoms with Crippen molar-refractivity contribution in [3.63, 3.8) is 0 Å². The topological polar surface area (TPSA) is 63.7 Å². The van der Waals surface area contributed by atoms with Gasteiger partial charge in [-0.1, -0.05) is 39.0 Å². The quantitative estimate of drug-likeness (QED) is 0.810. The SMILES string of the molecule is CC(C)(C)c1ccccc1OC1CCN(C(=O)C2CCS(=O)(=O)C2)CC1. The Labute approximate surface area is 156 Å². The summed E-state index contributed by atoms with van der Waals surface area (Å²) in [6.07, 6.45) is 2.12. The van der Waals surface area contributed by atoms with Crippen molar-refractivity contribution in [2.24, 2.45) is 5.92 Å². The van der Waals surface area contributed by atoms with Crippen LogP contribution in [0.2, 0.25) is 0 Å². The molecule has 0 radical (unpaired) electrons. The standard InChI is InChI=1S/C20H29NO4S/c1-20(2,3)17-6-4-5-7-18(17)25-16-8-11-21(12-9-16)19(22)15-10-13-26(23,24)14-15/h4-7,15-16H,8-14H2,1-3H3. The second-order valence-corrected chi connectivity index (χ2v) is 10.7. The third-order valence-corrected chi connectivity index (χ3v) is 7.09. The third-order valence-electron chi connectivity index (χ3n) is 5.32. The Morgan fingerprint density at radius 2 is 1.77 bits per heavy atom. The summed E-state index contributed by atoms with van der Waals surface area (Å²) in [5.74, 6) is 0.735. The molecule has 0 spiro atoms. The Morgan fingerprint density at radius 1 is 1.12 bits per heavy atom. The van der Waals surface area contributed by atoms with Crippen LogP contribution in [0.15, 0.2) is 24.3 Å². The zero-order valence-electron chi connectivity index (χ0n) is 15.9. The van der Waals surface area contributed by atoms with Crippen LogP contribution in [-0.2, 0) is 20.0 Å². The van der Waals surface area contributed by atoms with Gasteiger partial charge < -0.3 is 9.64 Å². The minimum atomic E-state index is -3.02. The Kier molecular flexibility index (Phi) is 5.33. The first-order chi connectivity index (χ1) is 12.2. The molecule has 6 heteroatoms. The van der Waals surface area contributed by atoms with Crippen LogP contribution < -0.4 is 4.74 Å². The average molecular weight is 380 g/mol. The molecule has 0 bridgehead atoms. The number of amides is 1. The average Bonchev–Trinajstić information content (AvgIpc) is 2.94. The summed E-state index contributed by atoms with van der Waals surface area (Å²) in [6.45, 7) is 7.79. The molecule has 1 aromatic carbocycles. The lowest BCUT2D eigenvalue weighted by atomic mass is 9.86. The van der Waals surface area contributed by atoms with Crippen molar-refractivity contribution in [3.8, 4) is 5.75 Å². The number of hydrogen-bond acceptors (Lipinski definition) is 4. The van der Waals surface area contributed by atoms with Gasteiger partial charge in [0.25, 0.3) is 0 Å². The molecular weight excluding hydrogens is 350 g/mol. The molecule has 2 aliphatic rings. The molecule has 3 rings (SSSR count). The predicted octanol–water partition coefficient (Wildman–Crippen LogP) is 2.79. The van der Waals surface area contributed by atoms with E-state index in [4.69, 9.17) is 4.74 Å². The molecule has 5 nitrogen and oxygen atoms in total. The predicted molar refractivity (Wildman–Crippen MR) is 102 cm³/mol. The van der Waals surface area contributed by atoms with E-state index in [9.17, 15) is 13.2 Å². The van der Waals surface area contributed by atoms with Gasteiger partial charge in [0.1, 0.15) is 11.9 Å². The van der Waals surface area contributed by atoms with E-state index < -0.39 is 9.84 Å². The van der Waals surface area contributed by atoms with Crippen LogP contribution >= 0.6 is 0 Å². The fourth-order valence-corrected chi connectivity index (χ4v) is 5.54. The van der Waals surface area contributed by atoms with Crippen molar-refractivity contribution in [1.29, 1.82) is 0 Å². The minimum Gasteiger partial charge on any atom is -0.490 e. The number of carbonyl (C=O) groups is 1. The van der Waals surface area contributed by atoms with E-state index in [1.165, 1.54) is 5.56 Å². The second kappa shape index (κ2) is 7.22. The van der Waals surface area contributed by atoms with E-state index in [1.807, 2.05) is 23.1 Å². The fourth-order valence-electron chi connectivity index (χ4n) is 3.81. The normalized spacial score (nSPS) is 23.8. The monoisotopic (exact) mass is 379 g/mol. The maximum absolute atomic E-state index is 12.6. The maximum Gasteiger partial charge on any atom is 0.226 e. The zero-order valence-corrected chi connectivity index (χ0v) is 16.7. The molecule has 2 saturated heterocycles. The molecule has 1 aromatic rings. The smallest absolute Gasteiger partial charge is 0.226 e. The van der Waals surface area contributed by atoms with Gasteiger partial charge in [-0.2, -0.15) is 0 Å². The molecule has 2 aliphatic heterocycles. The summed E-state index contributed by atoms with van der Waals surface area (Å²) in [7, 11) is -3.02. The van der Waals surface area contributed by atoms with Crippen molar-refractivity contribution >= 4 is 15.7 Å². The highest BCUT2D eigenvalue weighted by molar-refractivity contribution is 7.91. The first-order valence-electron chi connectivity index (χ1n) is 9.41. The van der Waals surface area contributed by atoms with Gasteiger partial charge in [-0.25, -0.2) is 8.42 Å². The number of para-hydroxylation sites is 1. The number of carbonyl (C=O) groups excluding carboxylic acids is 1. The molecule has 0 aromatic heterocycles. The molecule has 0 saturated carbocycles. The number of nitrogens with zero attached hydrogens (tertiary/aromatic N) is 1. The van der Waals surface area contributed by atoms with Crippen LogP contribution in [0.25, 0.3) is 0 Å². The van der Waals surface area contributed by atoms with E-state index in [0.29, 0.717) is 19.5 Å². The molecule has 1 amide bonds. The number of rotatable bonds is 3. The van der Waals surface area contributed by atoms with Crippen LogP contribution in [0.4, 0.5) is 0 Å². The highest BCUT2D eigenvalue weighted by Gasteiger charge is 2.36. The Morgan fingerprint density at radius 3 is 2.35 bits per heavy atom. The lowest BCUT2D eigenvalue weighted by molar-refractivity contribution is -0.136. The van der Waals surface area contributed by atoms with Gasteiger partial charge in [0.05, 0.1) is 17.4 Å². The lowest BCUT2D eigenvalue weighted by Crippen LogP contribution is -2.44. The van der Waals surface area contributed by atoms with Crippen LogP contribution in [-0.4, -0.2) is 49.9 Å². The molecule has 0 aliphatic carbocycles. The van der Waals surface area contributed by atoms with E-state index in [1.54, 1.807) is 0 Å². The Bertz CT molecular complexity index is 758. The van der Waals surface area contributed by atoms with Crippen molar-refractivity contribution < 1.29 is 17.9 Å². The van der Waals surface area contributed by atoms with E-state index in [-0.39, 0.29) is 34.8 Å². The summed E-state index contributed by atoms with van der Waals surface area (Å²) in [5, 5.41) is 0. The van der Waals surface area contributed by atoms with Gasteiger partial charge in [0, 0.05) is 25.9 Å². The van der Waals surface area contributed by atoms with Crippen molar-refractivity contribution in [2.45, 2.75) is 51.6 Å². The second-order valence-electron chi connectivity index (χ2n) is 8.49.